The second kappa shape index (κ2) is 23.3. The number of rotatable bonds is 24. The Morgan fingerprint density at radius 1 is 0.486 bits per heavy atom. The van der Waals surface area contributed by atoms with Crippen LogP contribution < -0.4 is 5.32 Å². The molecule has 0 unspecified atom stereocenters. The summed E-state index contributed by atoms with van der Waals surface area (Å²) in [6.45, 7) is 18.6. The van der Waals surface area contributed by atoms with Crippen molar-refractivity contribution in [2.75, 3.05) is 113 Å². The SMILES string of the molecule is CCN(CCNCCC(=O)OC)CCN(CC)CCN(CC)CCN(CCC(=O)OC)CCC(=O)OC. The van der Waals surface area contributed by atoms with E-state index in [1.54, 1.807) is 0 Å². The molecule has 0 fully saturated rings. The van der Waals surface area contributed by atoms with Gasteiger partial charge in [-0.15, -0.1) is 0 Å². The van der Waals surface area contributed by atoms with E-state index in [9.17, 15) is 14.4 Å². The molecule has 0 heterocycles. The Bertz CT molecular complexity index is 590. The molecule has 0 atom stereocenters. The van der Waals surface area contributed by atoms with Gasteiger partial charge >= 0.3 is 17.9 Å². The lowest BCUT2D eigenvalue weighted by Crippen LogP contribution is -2.43. The Morgan fingerprint density at radius 2 is 0.838 bits per heavy atom. The molecule has 218 valence electrons. The highest BCUT2D eigenvalue weighted by Crippen LogP contribution is 2.01. The van der Waals surface area contributed by atoms with Gasteiger partial charge in [0.1, 0.15) is 0 Å². The largest absolute Gasteiger partial charge is 0.469 e. The third-order valence-corrected chi connectivity index (χ3v) is 6.60. The second-order valence-corrected chi connectivity index (χ2v) is 8.87. The van der Waals surface area contributed by atoms with Crippen LogP contribution in [-0.4, -0.2) is 150 Å². The van der Waals surface area contributed by atoms with Crippen molar-refractivity contribution >= 4 is 17.9 Å². The highest BCUT2D eigenvalue weighted by Gasteiger charge is 2.14. The van der Waals surface area contributed by atoms with Gasteiger partial charge in [0, 0.05) is 72.0 Å². The van der Waals surface area contributed by atoms with Crippen molar-refractivity contribution in [3.63, 3.8) is 0 Å². The Labute approximate surface area is 224 Å². The van der Waals surface area contributed by atoms with Gasteiger partial charge in [0.05, 0.1) is 40.6 Å². The fraction of sp³-hybridized carbons (Fsp3) is 0.885. The number of methoxy groups -OCH3 is 3. The number of carbonyl (C=O) groups is 3. The van der Waals surface area contributed by atoms with Crippen molar-refractivity contribution in [2.24, 2.45) is 0 Å². The number of ether oxygens (including phenoxy) is 3. The molecule has 0 saturated carbocycles. The summed E-state index contributed by atoms with van der Waals surface area (Å²) in [5.41, 5.74) is 0. The van der Waals surface area contributed by atoms with Crippen molar-refractivity contribution in [3.05, 3.63) is 0 Å². The predicted octanol–water partition coefficient (Wildman–Crippen LogP) is 0.533. The van der Waals surface area contributed by atoms with Crippen LogP contribution in [0.3, 0.4) is 0 Å². The zero-order valence-corrected chi connectivity index (χ0v) is 24.3. The molecule has 0 aromatic heterocycles. The Hall–Kier alpha value is -1.79. The molecule has 0 aliphatic carbocycles. The average molecular weight is 532 g/mol. The minimum atomic E-state index is -0.243. The van der Waals surface area contributed by atoms with Crippen LogP contribution in [0.15, 0.2) is 0 Å². The molecule has 0 bridgehead atoms. The molecular weight excluding hydrogens is 478 g/mol. The van der Waals surface area contributed by atoms with E-state index < -0.39 is 0 Å². The first kappa shape index (κ1) is 35.2. The maximum Gasteiger partial charge on any atom is 0.306 e. The number of nitrogens with one attached hydrogen (secondary N) is 1. The molecule has 0 aliphatic rings. The molecule has 1 N–H and O–H groups in total. The van der Waals surface area contributed by atoms with Crippen molar-refractivity contribution in [1.82, 2.24) is 24.9 Å². The summed E-state index contributed by atoms with van der Waals surface area (Å²) in [4.78, 5) is 43.8. The summed E-state index contributed by atoms with van der Waals surface area (Å²) < 4.78 is 14.2. The van der Waals surface area contributed by atoms with Crippen LogP contribution in [0.1, 0.15) is 40.0 Å². The Morgan fingerprint density at radius 3 is 1.22 bits per heavy atom. The van der Waals surface area contributed by atoms with Gasteiger partial charge in [-0.25, -0.2) is 0 Å². The van der Waals surface area contributed by atoms with Crippen LogP contribution >= 0.6 is 0 Å². The number of hydrogen-bond donors (Lipinski definition) is 1. The Kier molecular flexibility index (Phi) is 22.2. The molecule has 0 radical (unpaired) electrons. The molecule has 0 spiro atoms. The summed E-state index contributed by atoms with van der Waals surface area (Å²) in [5.74, 6) is -0.672. The normalized spacial score (nSPS) is 11.5. The molecule has 0 saturated heterocycles. The van der Waals surface area contributed by atoms with E-state index in [1.165, 1.54) is 21.3 Å². The molecule has 0 aromatic carbocycles. The van der Waals surface area contributed by atoms with Crippen molar-refractivity contribution in [3.8, 4) is 0 Å². The number of likely N-dealkylation sites (N-methyl/N-ethyl adjacent to an activating group) is 3. The van der Waals surface area contributed by atoms with E-state index in [4.69, 9.17) is 9.47 Å². The number of carbonyl (C=O) groups excluding carboxylic acids is 3. The molecule has 11 nitrogen and oxygen atoms in total. The van der Waals surface area contributed by atoms with Gasteiger partial charge in [-0.1, -0.05) is 20.8 Å². The molecule has 37 heavy (non-hydrogen) atoms. The quantitative estimate of drug-likeness (QED) is 0.107. The van der Waals surface area contributed by atoms with Gasteiger partial charge in [0.25, 0.3) is 0 Å². The second-order valence-electron chi connectivity index (χ2n) is 8.87. The lowest BCUT2D eigenvalue weighted by Gasteiger charge is -2.30. The zero-order valence-electron chi connectivity index (χ0n) is 24.3. The van der Waals surface area contributed by atoms with Crippen molar-refractivity contribution in [2.45, 2.75) is 40.0 Å². The van der Waals surface area contributed by atoms with Crippen LogP contribution in [-0.2, 0) is 28.6 Å². The number of nitrogens with zero attached hydrogens (tertiary/aromatic N) is 4. The van der Waals surface area contributed by atoms with Gasteiger partial charge < -0.3 is 39.1 Å². The summed E-state index contributed by atoms with van der Waals surface area (Å²) in [5, 5.41) is 3.31. The van der Waals surface area contributed by atoms with Gasteiger partial charge in [-0.2, -0.15) is 0 Å². The third kappa shape index (κ3) is 19.0. The molecule has 0 aromatic rings. The molecular formula is C26H53N5O6. The van der Waals surface area contributed by atoms with Gasteiger partial charge in [0.15, 0.2) is 0 Å². The van der Waals surface area contributed by atoms with Gasteiger partial charge in [-0.3, -0.25) is 14.4 Å². The first-order valence-corrected chi connectivity index (χ1v) is 13.6. The van der Waals surface area contributed by atoms with Crippen LogP contribution in [0.4, 0.5) is 0 Å². The maximum atomic E-state index is 11.6. The monoisotopic (exact) mass is 531 g/mol. The first-order valence-electron chi connectivity index (χ1n) is 13.6. The van der Waals surface area contributed by atoms with Gasteiger partial charge in [-0.05, 0) is 19.6 Å². The molecule has 0 aliphatic heterocycles. The average Bonchev–Trinajstić information content (AvgIpc) is 2.92. The fourth-order valence-electron chi connectivity index (χ4n) is 3.83. The van der Waals surface area contributed by atoms with E-state index in [-0.39, 0.29) is 17.9 Å². The fourth-order valence-corrected chi connectivity index (χ4v) is 3.83. The van der Waals surface area contributed by atoms with E-state index in [2.05, 4.69) is 50.4 Å². The lowest BCUT2D eigenvalue weighted by atomic mass is 10.3. The van der Waals surface area contributed by atoms with Crippen molar-refractivity contribution in [1.29, 1.82) is 0 Å². The zero-order chi connectivity index (χ0) is 27.9. The topological polar surface area (TPSA) is 104 Å². The summed E-state index contributed by atoms with van der Waals surface area (Å²) in [6.07, 6.45) is 1.01. The maximum absolute atomic E-state index is 11.6. The van der Waals surface area contributed by atoms with E-state index in [1.807, 2.05) is 0 Å². The molecule has 0 amide bonds. The predicted molar refractivity (Wildman–Crippen MR) is 146 cm³/mol. The summed E-state index contributed by atoms with van der Waals surface area (Å²) >= 11 is 0. The van der Waals surface area contributed by atoms with E-state index in [0.717, 1.165) is 72.0 Å². The van der Waals surface area contributed by atoms with Crippen LogP contribution in [0.25, 0.3) is 0 Å². The van der Waals surface area contributed by atoms with Crippen LogP contribution in [0, 0.1) is 0 Å². The van der Waals surface area contributed by atoms with Crippen LogP contribution in [0.2, 0.25) is 0 Å². The third-order valence-electron chi connectivity index (χ3n) is 6.60. The van der Waals surface area contributed by atoms with Gasteiger partial charge in [0.2, 0.25) is 0 Å². The molecule has 11 heteroatoms. The summed E-state index contributed by atoms with van der Waals surface area (Å²) in [7, 11) is 4.20. The van der Waals surface area contributed by atoms with E-state index >= 15 is 0 Å². The Balaban J connectivity index is 4.48. The smallest absolute Gasteiger partial charge is 0.306 e. The standard InChI is InChI=1S/C26H53N5O6/c1-7-28(17-14-27-13-10-24(32)35-4)18-19-29(8-2)20-21-30(9-3)22-23-31(15-11-25(33)36-5)16-12-26(34)37-6/h27H,7-23H2,1-6H3. The molecule has 0 rings (SSSR count). The number of hydrogen-bond acceptors (Lipinski definition) is 11. The first-order chi connectivity index (χ1) is 17.8. The lowest BCUT2D eigenvalue weighted by molar-refractivity contribution is -0.142. The highest BCUT2D eigenvalue weighted by atomic mass is 16.5. The minimum Gasteiger partial charge on any atom is -0.469 e. The summed E-state index contributed by atoms with van der Waals surface area (Å²) in [6, 6.07) is 0. The van der Waals surface area contributed by atoms with E-state index in [0.29, 0.717) is 38.9 Å². The van der Waals surface area contributed by atoms with Crippen molar-refractivity contribution < 1.29 is 28.6 Å². The number of esters is 3. The highest BCUT2D eigenvalue weighted by molar-refractivity contribution is 5.70. The van der Waals surface area contributed by atoms with Crippen LogP contribution in [0.5, 0.6) is 0 Å². The minimum absolute atomic E-state index is 0.186.